The lowest BCUT2D eigenvalue weighted by molar-refractivity contribution is 0.172. The summed E-state index contributed by atoms with van der Waals surface area (Å²) in [5, 5.41) is 3.42. The lowest BCUT2D eigenvalue weighted by atomic mass is 10.1. The van der Waals surface area contributed by atoms with Gasteiger partial charge in [-0.3, -0.25) is 9.89 Å². The largest absolute Gasteiger partial charge is 0.493 e. The third kappa shape index (κ3) is 6.93. The van der Waals surface area contributed by atoms with Gasteiger partial charge < -0.3 is 28.8 Å². The van der Waals surface area contributed by atoms with E-state index in [2.05, 4.69) is 22.0 Å². The van der Waals surface area contributed by atoms with Gasteiger partial charge in [-0.15, -0.1) is 24.0 Å². The number of hydrogen-bond acceptors (Lipinski definition) is 6. The Morgan fingerprint density at radius 2 is 1.75 bits per heavy atom. The van der Waals surface area contributed by atoms with E-state index in [9.17, 15) is 0 Å². The van der Waals surface area contributed by atoms with Crippen LogP contribution < -0.4 is 19.5 Å². The molecular formula is C23H35IN4O4. The van der Waals surface area contributed by atoms with Crippen LogP contribution in [0.2, 0.25) is 0 Å². The Kier molecular flexibility index (Phi) is 10.9. The lowest BCUT2D eigenvalue weighted by Gasteiger charge is -2.36. The molecule has 0 atom stereocenters. The molecule has 3 rings (SSSR count). The lowest BCUT2D eigenvalue weighted by Crippen LogP contribution is -2.52. The van der Waals surface area contributed by atoms with Crippen LogP contribution in [0.25, 0.3) is 0 Å². The molecule has 1 N–H and O–H groups in total. The van der Waals surface area contributed by atoms with E-state index in [1.807, 2.05) is 24.3 Å². The second kappa shape index (κ2) is 13.4. The third-order valence-electron chi connectivity index (χ3n) is 5.34. The first-order valence-corrected chi connectivity index (χ1v) is 10.7. The number of benzene rings is 1. The summed E-state index contributed by atoms with van der Waals surface area (Å²) in [5.74, 6) is 3.94. The summed E-state index contributed by atoms with van der Waals surface area (Å²) >= 11 is 0. The number of rotatable bonds is 9. The molecule has 9 heteroatoms. The molecule has 2 aromatic rings. The predicted molar refractivity (Wildman–Crippen MR) is 137 cm³/mol. The molecule has 0 spiro atoms. The standard InChI is InChI=1S/C23H34N4O4.HI/c1-5-24-23(25-9-8-19-7-6-14-31-19)27-12-10-26(11-13-27)17-18-15-20(28-2)22(30-4)21(16-18)29-3;/h6-7,14-16H,5,8-13,17H2,1-4H3,(H,24,25);1H. The smallest absolute Gasteiger partial charge is 0.203 e. The highest BCUT2D eigenvalue weighted by Crippen LogP contribution is 2.38. The molecule has 1 aliphatic heterocycles. The summed E-state index contributed by atoms with van der Waals surface area (Å²) < 4.78 is 21.8. The van der Waals surface area contributed by atoms with Crippen LogP contribution in [0.15, 0.2) is 39.9 Å². The minimum absolute atomic E-state index is 0. The van der Waals surface area contributed by atoms with Gasteiger partial charge in [0.05, 0.1) is 27.6 Å². The van der Waals surface area contributed by atoms with Crippen molar-refractivity contribution in [1.29, 1.82) is 0 Å². The topological polar surface area (TPSA) is 71.7 Å². The molecule has 8 nitrogen and oxygen atoms in total. The fourth-order valence-electron chi connectivity index (χ4n) is 3.76. The molecule has 1 fully saturated rings. The molecule has 1 aromatic carbocycles. The van der Waals surface area contributed by atoms with Crippen LogP contribution in [-0.4, -0.2) is 76.4 Å². The maximum Gasteiger partial charge on any atom is 0.203 e. The second-order valence-electron chi connectivity index (χ2n) is 7.36. The molecule has 0 amide bonds. The Morgan fingerprint density at radius 3 is 2.28 bits per heavy atom. The van der Waals surface area contributed by atoms with E-state index in [0.717, 1.165) is 63.0 Å². The van der Waals surface area contributed by atoms with E-state index in [4.69, 9.17) is 23.6 Å². The van der Waals surface area contributed by atoms with Gasteiger partial charge in [0, 0.05) is 52.2 Å². The molecule has 0 unspecified atom stereocenters. The van der Waals surface area contributed by atoms with Gasteiger partial charge in [-0.2, -0.15) is 0 Å². The van der Waals surface area contributed by atoms with Gasteiger partial charge in [0.15, 0.2) is 17.5 Å². The number of guanidine groups is 1. The number of piperazine rings is 1. The Morgan fingerprint density at radius 1 is 1.06 bits per heavy atom. The number of methoxy groups -OCH3 is 3. The highest BCUT2D eigenvalue weighted by Gasteiger charge is 2.21. The minimum atomic E-state index is 0. The maximum atomic E-state index is 5.49. The van der Waals surface area contributed by atoms with E-state index < -0.39 is 0 Å². The van der Waals surface area contributed by atoms with Gasteiger partial charge in [0.1, 0.15) is 5.76 Å². The van der Waals surface area contributed by atoms with Crippen molar-refractivity contribution < 1.29 is 18.6 Å². The van der Waals surface area contributed by atoms with E-state index in [-0.39, 0.29) is 24.0 Å². The van der Waals surface area contributed by atoms with Crippen molar-refractivity contribution in [3.05, 3.63) is 41.9 Å². The Balaban J connectivity index is 0.00000363. The van der Waals surface area contributed by atoms with Crippen LogP contribution in [0.5, 0.6) is 17.2 Å². The average Bonchev–Trinajstić information content (AvgIpc) is 3.32. The van der Waals surface area contributed by atoms with Crippen LogP contribution in [0.3, 0.4) is 0 Å². The summed E-state index contributed by atoms with van der Waals surface area (Å²) in [6, 6.07) is 7.95. The maximum absolute atomic E-state index is 5.49. The molecule has 1 saturated heterocycles. The minimum Gasteiger partial charge on any atom is -0.493 e. The number of furan rings is 1. The van der Waals surface area contributed by atoms with Crippen molar-refractivity contribution in [1.82, 2.24) is 15.1 Å². The van der Waals surface area contributed by atoms with Crippen LogP contribution in [0.1, 0.15) is 18.2 Å². The van der Waals surface area contributed by atoms with Crippen LogP contribution in [0, 0.1) is 0 Å². The first-order valence-electron chi connectivity index (χ1n) is 10.7. The zero-order valence-electron chi connectivity index (χ0n) is 19.4. The first-order chi connectivity index (χ1) is 15.2. The summed E-state index contributed by atoms with van der Waals surface area (Å²) in [5.41, 5.74) is 1.14. The van der Waals surface area contributed by atoms with Crippen molar-refractivity contribution >= 4 is 29.9 Å². The molecule has 0 bridgehead atoms. The van der Waals surface area contributed by atoms with Gasteiger partial charge >= 0.3 is 0 Å². The highest BCUT2D eigenvalue weighted by molar-refractivity contribution is 14.0. The zero-order valence-corrected chi connectivity index (χ0v) is 21.8. The normalized spacial score (nSPS) is 14.6. The van der Waals surface area contributed by atoms with Crippen molar-refractivity contribution in [2.45, 2.75) is 19.9 Å². The van der Waals surface area contributed by atoms with E-state index >= 15 is 0 Å². The molecule has 0 radical (unpaired) electrons. The number of nitrogens with one attached hydrogen (secondary N) is 1. The van der Waals surface area contributed by atoms with Crippen LogP contribution >= 0.6 is 24.0 Å². The molecule has 0 aliphatic carbocycles. The summed E-state index contributed by atoms with van der Waals surface area (Å²) in [4.78, 5) is 9.56. The van der Waals surface area contributed by atoms with Gasteiger partial charge in [0.25, 0.3) is 0 Å². The van der Waals surface area contributed by atoms with Crippen molar-refractivity contribution in [2.24, 2.45) is 4.99 Å². The SMILES string of the molecule is CCNC(=NCCc1ccco1)N1CCN(Cc2cc(OC)c(OC)c(OC)c2)CC1.I. The Hall–Kier alpha value is -2.14. The second-order valence-corrected chi connectivity index (χ2v) is 7.36. The van der Waals surface area contributed by atoms with E-state index in [1.165, 1.54) is 0 Å². The van der Waals surface area contributed by atoms with Crippen LogP contribution in [0.4, 0.5) is 0 Å². The average molecular weight is 558 g/mol. The Labute approximate surface area is 207 Å². The van der Waals surface area contributed by atoms with Crippen LogP contribution in [-0.2, 0) is 13.0 Å². The quantitative estimate of drug-likeness (QED) is 0.288. The number of aliphatic imine (C=N–C) groups is 1. The highest BCUT2D eigenvalue weighted by atomic mass is 127. The predicted octanol–water partition coefficient (Wildman–Crippen LogP) is 3.25. The number of ether oxygens (including phenoxy) is 3. The molecular weight excluding hydrogens is 523 g/mol. The molecule has 0 saturated carbocycles. The third-order valence-corrected chi connectivity index (χ3v) is 5.34. The number of halogens is 1. The van der Waals surface area contributed by atoms with Gasteiger partial charge in [0.2, 0.25) is 5.75 Å². The van der Waals surface area contributed by atoms with Crippen molar-refractivity contribution in [3.8, 4) is 17.2 Å². The first kappa shape index (κ1) is 26.1. The zero-order chi connectivity index (χ0) is 22.1. The van der Waals surface area contributed by atoms with Crippen molar-refractivity contribution in [3.63, 3.8) is 0 Å². The summed E-state index contributed by atoms with van der Waals surface area (Å²) in [6.07, 6.45) is 2.51. The van der Waals surface area contributed by atoms with Gasteiger partial charge in [-0.05, 0) is 36.8 Å². The Bertz CT molecular complexity index is 812. The fraction of sp³-hybridized carbons (Fsp3) is 0.522. The number of hydrogen-bond donors (Lipinski definition) is 1. The molecule has 1 aliphatic rings. The summed E-state index contributed by atoms with van der Waals surface area (Å²) in [6.45, 7) is 8.26. The fourth-order valence-corrected chi connectivity index (χ4v) is 3.76. The van der Waals surface area contributed by atoms with E-state index in [0.29, 0.717) is 23.8 Å². The monoisotopic (exact) mass is 558 g/mol. The summed E-state index contributed by atoms with van der Waals surface area (Å²) in [7, 11) is 4.91. The van der Waals surface area contributed by atoms with Gasteiger partial charge in [-0.1, -0.05) is 0 Å². The van der Waals surface area contributed by atoms with E-state index in [1.54, 1.807) is 27.6 Å². The molecule has 32 heavy (non-hydrogen) atoms. The molecule has 178 valence electrons. The molecule has 1 aromatic heterocycles. The molecule has 2 heterocycles. The number of nitrogens with zero attached hydrogens (tertiary/aromatic N) is 3. The van der Waals surface area contributed by atoms with Gasteiger partial charge in [-0.25, -0.2) is 0 Å². The van der Waals surface area contributed by atoms with Crippen molar-refractivity contribution in [2.75, 3.05) is 60.6 Å².